The van der Waals surface area contributed by atoms with Crippen LogP contribution >= 0.6 is 12.4 Å². The Morgan fingerprint density at radius 1 is 1.30 bits per heavy atom. The number of nitrogens with zero attached hydrogens (tertiary/aromatic N) is 1. The fraction of sp³-hybridized carbons (Fsp3) is 0.857. The van der Waals surface area contributed by atoms with Crippen LogP contribution in [0.1, 0.15) is 19.3 Å². The van der Waals surface area contributed by atoms with E-state index in [0.29, 0.717) is 6.42 Å². The molecule has 2 nitrogen and oxygen atoms in total. The molecule has 0 spiro atoms. The minimum atomic E-state index is 0. The van der Waals surface area contributed by atoms with Gasteiger partial charge in [-0.05, 0) is 25.9 Å². The van der Waals surface area contributed by atoms with Crippen molar-refractivity contribution in [2.75, 3.05) is 19.6 Å². The van der Waals surface area contributed by atoms with Gasteiger partial charge in [-0.1, -0.05) is 0 Å². The number of likely N-dealkylation sites (tertiary alicyclic amines) is 1. The van der Waals surface area contributed by atoms with Gasteiger partial charge in [-0.25, -0.2) is 0 Å². The smallest absolute Gasteiger partial charge is 0.121 e. The Balaban J connectivity index is 0.000000810. The number of carbonyl (C=O) groups excluding carboxylic acids is 1. The normalized spacial score (nSPS) is 18.4. The average Bonchev–Trinajstić information content (AvgIpc) is 2.34. The molecule has 1 rings (SSSR count). The minimum absolute atomic E-state index is 0. The van der Waals surface area contributed by atoms with Crippen LogP contribution in [-0.4, -0.2) is 30.8 Å². The fourth-order valence-electron chi connectivity index (χ4n) is 1.24. The van der Waals surface area contributed by atoms with Crippen LogP contribution in [0, 0.1) is 0 Å². The van der Waals surface area contributed by atoms with Gasteiger partial charge in [0.15, 0.2) is 0 Å². The van der Waals surface area contributed by atoms with Gasteiger partial charge < -0.3 is 9.69 Å². The maximum absolute atomic E-state index is 9.93. The first-order valence-corrected chi connectivity index (χ1v) is 3.59. The van der Waals surface area contributed by atoms with E-state index in [1.807, 2.05) is 0 Å². The molecule has 0 unspecified atom stereocenters. The lowest BCUT2D eigenvalue weighted by molar-refractivity contribution is -0.108. The summed E-state index contributed by atoms with van der Waals surface area (Å²) >= 11 is 0. The summed E-state index contributed by atoms with van der Waals surface area (Å²) in [4.78, 5) is 12.3. The van der Waals surface area contributed by atoms with Crippen LogP contribution in [-0.2, 0) is 4.79 Å². The number of halogens is 1. The molecule has 3 heteroatoms. The van der Waals surface area contributed by atoms with Gasteiger partial charge in [0.2, 0.25) is 0 Å². The third kappa shape index (κ3) is 3.18. The van der Waals surface area contributed by atoms with E-state index in [9.17, 15) is 4.79 Å². The zero-order chi connectivity index (χ0) is 6.53. The molecule has 0 aliphatic carbocycles. The third-order valence-electron chi connectivity index (χ3n) is 1.76. The summed E-state index contributed by atoms with van der Waals surface area (Å²) < 4.78 is 0. The molecule has 1 heterocycles. The molecule has 1 aliphatic rings. The van der Waals surface area contributed by atoms with Crippen LogP contribution in [0.15, 0.2) is 0 Å². The van der Waals surface area contributed by atoms with Crippen LogP contribution in [0.3, 0.4) is 0 Å². The summed E-state index contributed by atoms with van der Waals surface area (Å²) in [7, 11) is 0. The van der Waals surface area contributed by atoms with Crippen molar-refractivity contribution < 1.29 is 4.79 Å². The third-order valence-corrected chi connectivity index (χ3v) is 1.76. The van der Waals surface area contributed by atoms with E-state index in [-0.39, 0.29) is 12.4 Å². The molecular weight excluding hydrogens is 150 g/mol. The Hall–Kier alpha value is -0.0800. The number of hydrogen-bond donors (Lipinski definition) is 0. The molecule has 0 atom stereocenters. The average molecular weight is 164 g/mol. The lowest BCUT2D eigenvalue weighted by Crippen LogP contribution is -2.20. The molecule has 0 saturated carbocycles. The van der Waals surface area contributed by atoms with E-state index in [1.165, 1.54) is 25.9 Å². The zero-order valence-corrected chi connectivity index (χ0v) is 6.90. The first-order valence-electron chi connectivity index (χ1n) is 3.59. The lowest BCUT2D eigenvalue weighted by Gasteiger charge is -2.10. The molecule has 10 heavy (non-hydrogen) atoms. The summed E-state index contributed by atoms with van der Waals surface area (Å²) in [5, 5.41) is 0. The number of carbonyl (C=O) groups is 1. The molecule has 1 aliphatic heterocycles. The molecule has 0 N–H and O–H groups in total. The highest BCUT2D eigenvalue weighted by Gasteiger charge is 2.09. The van der Waals surface area contributed by atoms with E-state index in [4.69, 9.17) is 0 Å². The Morgan fingerprint density at radius 2 is 1.90 bits per heavy atom. The SMILES string of the molecule is Cl.O=CCCN1CCCC1. The maximum atomic E-state index is 9.93. The molecule has 60 valence electrons. The van der Waals surface area contributed by atoms with Gasteiger partial charge >= 0.3 is 0 Å². The topological polar surface area (TPSA) is 20.3 Å². The lowest BCUT2D eigenvalue weighted by atomic mass is 10.4. The highest BCUT2D eigenvalue weighted by molar-refractivity contribution is 5.85. The summed E-state index contributed by atoms with van der Waals surface area (Å²) in [6.07, 6.45) is 4.34. The second-order valence-electron chi connectivity index (χ2n) is 2.50. The maximum Gasteiger partial charge on any atom is 0.121 e. The van der Waals surface area contributed by atoms with Gasteiger partial charge in [0.05, 0.1) is 0 Å². The molecule has 0 aromatic carbocycles. The van der Waals surface area contributed by atoms with E-state index in [2.05, 4.69) is 4.90 Å². The summed E-state index contributed by atoms with van der Waals surface area (Å²) in [5.74, 6) is 0. The van der Waals surface area contributed by atoms with E-state index < -0.39 is 0 Å². The van der Waals surface area contributed by atoms with Crippen molar-refractivity contribution in [3.05, 3.63) is 0 Å². The van der Waals surface area contributed by atoms with Gasteiger partial charge in [-0.15, -0.1) is 12.4 Å². The zero-order valence-electron chi connectivity index (χ0n) is 6.08. The second kappa shape index (κ2) is 5.69. The molecule has 1 saturated heterocycles. The second-order valence-corrected chi connectivity index (χ2v) is 2.50. The van der Waals surface area contributed by atoms with Crippen LogP contribution in [0.4, 0.5) is 0 Å². The van der Waals surface area contributed by atoms with Crippen molar-refractivity contribution in [3.63, 3.8) is 0 Å². The van der Waals surface area contributed by atoms with E-state index in [1.54, 1.807) is 0 Å². The van der Waals surface area contributed by atoms with Gasteiger partial charge in [-0.3, -0.25) is 0 Å². The summed E-state index contributed by atoms with van der Waals surface area (Å²) in [6, 6.07) is 0. The van der Waals surface area contributed by atoms with Gasteiger partial charge in [0, 0.05) is 13.0 Å². The van der Waals surface area contributed by atoms with Crippen molar-refractivity contribution in [1.29, 1.82) is 0 Å². The Labute approximate surface area is 68.0 Å². The van der Waals surface area contributed by atoms with Crippen molar-refractivity contribution in [3.8, 4) is 0 Å². The van der Waals surface area contributed by atoms with E-state index >= 15 is 0 Å². The van der Waals surface area contributed by atoms with Crippen molar-refractivity contribution in [2.24, 2.45) is 0 Å². The van der Waals surface area contributed by atoms with Crippen molar-refractivity contribution in [1.82, 2.24) is 4.90 Å². The summed E-state index contributed by atoms with van der Waals surface area (Å²) in [5.41, 5.74) is 0. The van der Waals surface area contributed by atoms with Crippen LogP contribution in [0.2, 0.25) is 0 Å². The number of hydrogen-bond acceptors (Lipinski definition) is 2. The highest BCUT2D eigenvalue weighted by atomic mass is 35.5. The molecular formula is C7H14ClNO. The molecule has 0 radical (unpaired) electrons. The standard InChI is InChI=1S/C7H13NO.ClH/c9-7-3-6-8-4-1-2-5-8;/h7H,1-6H2;1H. The predicted molar refractivity (Wildman–Crippen MR) is 43.6 cm³/mol. The van der Waals surface area contributed by atoms with Crippen LogP contribution in [0.25, 0.3) is 0 Å². The molecule has 0 aromatic heterocycles. The largest absolute Gasteiger partial charge is 0.303 e. The monoisotopic (exact) mass is 163 g/mol. The quantitative estimate of drug-likeness (QED) is 0.581. The van der Waals surface area contributed by atoms with Crippen LogP contribution < -0.4 is 0 Å². The molecule has 1 fully saturated rings. The minimum Gasteiger partial charge on any atom is -0.303 e. The van der Waals surface area contributed by atoms with Gasteiger partial charge in [0.1, 0.15) is 6.29 Å². The Bertz CT molecular complexity index is 91.6. The Kier molecular flexibility index (Phi) is 5.64. The molecule has 0 aromatic rings. The number of aldehydes is 1. The fourth-order valence-corrected chi connectivity index (χ4v) is 1.24. The highest BCUT2D eigenvalue weighted by Crippen LogP contribution is 2.06. The Morgan fingerprint density at radius 3 is 2.40 bits per heavy atom. The molecule has 0 bridgehead atoms. The predicted octanol–water partition coefficient (Wildman–Crippen LogP) is 1.09. The van der Waals surface area contributed by atoms with Gasteiger partial charge in [-0.2, -0.15) is 0 Å². The van der Waals surface area contributed by atoms with E-state index in [0.717, 1.165) is 12.8 Å². The van der Waals surface area contributed by atoms with Crippen molar-refractivity contribution in [2.45, 2.75) is 19.3 Å². The van der Waals surface area contributed by atoms with Crippen molar-refractivity contribution >= 4 is 18.7 Å². The van der Waals surface area contributed by atoms with Gasteiger partial charge in [0.25, 0.3) is 0 Å². The van der Waals surface area contributed by atoms with Crippen LogP contribution in [0.5, 0.6) is 0 Å². The number of rotatable bonds is 3. The molecule has 0 amide bonds. The first-order chi connectivity index (χ1) is 4.43. The summed E-state index contributed by atoms with van der Waals surface area (Å²) in [6.45, 7) is 3.38. The first kappa shape index (κ1) is 9.92.